The first-order valence-corrected chi connectivity index (χ1v) is 24.1. The monoisotopic (exact) mass is 947 g/mol. The van der Waals surface area contributed by atoms with E-state index >= 15 is 0 Å². The number of hydrogen-bond donors (Lipinski definition) is 7. The van der Waals surface area contributed by atoms with Crippen molar-refractivity contribution in [1.82, 2.24) is 15.7 Å². The molecule has 19 nitrogen and oxygen atoms in total. The van der Waals surface area contributed by atoms with Crippen LogP contribution in [0.2, 0.25) is 0 Å². The molecule has 0 aromatic heterocycles. The van der Waals surface area contributed by atoms with E-state index in [1.54, 1.807) is 32.9 Å². The summed E-state index contributed by atoms with van der Waals surface area (Å²) in [5.41, 5.74) is -0.674. The van der Waals surface area contributed by atoms with Crippen LogP contribution < -0.4 is 10.6 Å². The third-order valence-corrected chi connectivity index (χ3v) is 13.1. The molecule has 1 aliphatic carbocycles. The highest BCUT2D eigenvalue weighted by atomic mass is 16.8. The lowest BCUT2D eigenvalue weighted by Gasteiger charge is -2.48. The normalized spacial score (nSPS) is 31.6. The smallest absolute Gasteiger partial charge is 0.327 e. The van der Waals surface area contributed by atoms with E-state index in [4.69, 9.17) is 33.3 Å². The van der Waals surface area contributed by atoms with Gasteiger partial charge in [0.1, 0.15) is 59.8 Å². The van der Waals surface area contributed by atoms with E-state index in [0.29, 0.717) is 12.8 Å². The lowest BCUT2D eigenvalue weighted by Crippen LogP contribution is -2.69. The molecule has 0 spiro atoms. The maximum absolute atomic E-state index is 14.8. The van der Waals surface area contributed by atoms with E-state index in [1.807, 2.05) is 24.3 Å². The molecule has 19 heteroatoms. The Kier molecular flexibility index (Phi) is 18.4. The van der Waals surface area contributed by atoms with Gasteiger partial charge in [0.25, 0.3) is 0 Å². The molecule has 1 saturated carbocycles. The van der Waals surface area contributed by atoms with Crippen molar-refractivity contribution in [3.05, 3.63) is 41.5 Å². The molecule has 0 radical (unpaired) electrons. The molecular weight excluding hydrogens is 875 g/mol. The van der Waals surface area contributed by atoms with E-state index in [-0.39, 0.29) is 45.4 Å². The summed E-state index contributed by atoms with van der Waals surface area (Å²) in [6.07, 6.45) is 0.324. The van der Waals surface area contributed by atoms with Gasteiger partial charge in [0, 0.05) is 38.6 Å². The Morgan fingerprint density at radius 2 is 1.69 bits per heavy atom. The number of hydrogen-bond acceptors (Lipinski definition) is 17. The fourth-order valence-electron chi connectivity index (χ4n) is 9.86. The molecule has 376 valence electrons. The number of unbranched alkanes of at least 4 members (excludes halogenated alkanes) is 4. The lowest BCUT2D eigenvalue weighted by molar-refractivity contribution is -0.298. The van der Waals surface area contributed by atoms with Crippen LogP contribution in [0, 0.1) is 5.41 Å². The van der Waals surface area contributed by atoms with Crippen molar-refractivity contribution in [3.8, 4) is 0 Å². The maximum atomic E-state index is 14.8. The van der Waals surface area contributed by atoms with Crippen LogP contribution in [0.5, 0.6) is 0 Å². The summed E-state index contributed by atoms with van der Waals surface area (Å²) in [6, 6.07) is 5.51. The van der Waals surface area contributed by atoms with Crippen molar-refractivity contribution in [2.75, 3.05) is 26.4 Å². The molecule has 7 N–H and O–H groups in total. The first-order chi connectivity index (χ1) is 32.0. The fraction of sp³-hybridized carbons (Fsp3) is 0.750. The molecule has 1 aromatic carbocycles. The van der Waals surface area contributed by atoms with E-state index in [2.05, 4.69) is 24.5 Å². The highest BCUT2D eigenvalue weighted by Gasteiger charge is 2.76. The largest absolute Gasteiger partial charge is 0.460 e. The number of aliphatic hydroxyl groups is 5. The predicted octanol–water partition coefficient (Wildman–Crippen LogP) is 2.06. The average Bonchev–Trinajstić information content (AvgIpc) is 3.84. The van der Waals surface area contributed by atoms with Crippen LogP contribution in [-0.4, -0.2) is 159 Å². The van der Waals surface area contributed by atoms with Crippen LogP contribution in [0.15, 0.2) is 30.3 Å². The molecule has 5 aliphatic rings. The Hall–Kier alpha value is -3.60. The molecule has 12 atom stereocenters. The summed E-state index contributed by atoms with van der Waals surface area (Å²) in [7, 11) is 0. The second kappa shape index (κ2) is 23.3. The van der Waals surface area contributed by atoms with E-state index in [0.717, 1.165) is 49.7 Å². The predicted molar refractivity (Wildman–Crippen MR) is 239 cm³/mol. The molecular formula is C48H73N3O16. The zero-order chi connectivity index (χ0) is 48.5. The number of aliphatic hydroxyl groups excluding tert-OH is 5. The number of fused-ring (bicyclic) bond motifs is 4. The van der Waals surface area contributed by atoms with Gasteiger partial charge in [-0.05, 0) is 51.2 Å². The van der Waals surface area contributed by atoms with E-state index in [9.17, 15) is 44.7 Å². The number of carbonyl (C=O) groups excluding carboxylic acids is 4. The van der Waals surface area contributed by atoms with Crippen LogP contribution in [0.4, 0.5) is 0 Å². The molecule has 2 amide bonds. The van der Waals surface area contributed by atoms with Crippen molar-refractivity contribution in [2.45, 2.75) is 197 Å². The summed E-state index contributed by atoms with van der Waals surface area (Å²) in [5, 5.41) is 57.1. The molecule has 1 aromatic rings. The van der Waals surface area contributed by atoms with Gasteiger partial charge in [-0.1, -0.05) is 75.9 Å². The summed E-state index contributed by atoms with van der Waals surface area (Å²) in [5.74, 6) is -2.98. The number of ether oxygens (including phenoxy) is 6. The number of nitrogens with zero attached hydrogens (tertiary/aromatic N) is 1. The maximum Gasteiger partial charge on any atom is 0.327 e. The van der Waals surface area contributed by atoms with Crippen molar-refractivity contribution >= 4 is 29.8 Å². The zero-order valence-corrected chi connectivity index (χ0v) is 39.5. The molecule has 67 heavy (non-hydrogen) atoms. The fourth-order valence-corrected chi connectivity index (χ4v) is 9.86. The summed E-state index contributed by atoms with van der Waals surface area (Å²) in [6.45, 7) is 8.49. The van der Waals surface area contributed by atoms with Gasteiger partial charge in [-0.25, -0.2) is 0 Å². The van der Waals surface area contributed by atoms with E-state index < -0.39 is 121 Å². The quantitative estimate of drug-likeness (QED) is 0.0578. The summed E-state index contributed by atoms with van der Waals surface area (Å²) < 4.78 is 36.4. The van der Waals surface area contributed by atoms with Gasteiger partial charge in [0.2, 0.25) is 11.8 Å². The van der Waals surface area contributed by atoms with Crippen molar-refractivity contribution in [2.24, 2.45) is 5.41 Å². The van der Waals surface area contributed by atoms with Gasteiger partial charge in [-0.15, -0.1) is 0 Å². The second-order valence-corrected chi connectivity index (χ2v) is 19.5. The van der Waals surface area contributed by atoms with Crippen LogP contribution in [0.25, 0.3) is 6.08 Å². The zero-order valence-electron chi connectivity index (χ0n) is 39.5. The third kappa shape index (κ3) is 12.6. The number of amides is 2. The van der Waals surface area contributed by atoms with Crippen LogP contribution >= 0.6 is 0 Å². The highest BCUT2D eigenvalue weighted by molar-refractivity contribution is 5.94. The minimum absolute atomic E-state index is 0.00447. The minimum Gasteiger partial charge on any atom is -0.460 e. The second-order valence-electron chi connectivity index (χ2n) is 19.5. The Bertz CT molecular complexity index is 1850. The average molecular weight is 948 g/mol. The number of rotatable bonds is 24. The Morgan fingerprint density at radius 1 is 0.970 bits per heavy atom. The van der Waals surface area contributed by atoms with Gasteiger partial charge >= 0.3 is 11.9 Å². The Balaban J connectivity index is 1.18. The first kappa shape index (κ1) is 52.8. The summed E-state index contributed by atoms with van der Waals surface area (Å²) in [4.78, 5) is 61.3. The van der Waals surface area contributed by atoms with Gasteiger partial charge in [-0.3, -0.25) is 24.0 Å². The van der Waals surface area contributed by atoms with Crippen molar-refractivity contribution in [3.63, 3.8) is 0 Å². The number of benzene rings is 1. The topological polar surface area (TPSA) is 261 Å². The molecule has 2 bridgehead atoms. The van der Waals surface area contributed by atoms with Crippen LogP contribution in [0.1, 0.15) is 123 Å². The molecule has 2 unspecified atom stereocenters. The van der Waals surface area contributed by atoms with Crippen molar-refractivity contribution in [1.29, 1.82) is 0 Å². The molecule has 6 rings (SSSR count). The molecule has 4 aliphatic heterocycles. The standard InChI is InChI=1S/C48H73N3O16/c1-6-8-10-20-47(21-11-9-7-2)65-39-32-25-48(45(60)49-22-19-34(54)50-31(27-52)17-18-35(55)64-46(3,4)5)41(43(59)62-32)51(67-42(48)40(39)66-47)26-30-15-12-14-29(24-30)16-13-23-61-44-38(58)37(57)36(56)33(28-53)63-44/h12-16,24,31-33,36-42,44,52-53,56-58H,6-11,17-23,25-28H2,1-5H3,(H,49,60)(H,50,54)/t31-,32?,33+,36-,37-,38+,39-,40-,41-,42+,44-,48?/m0/s1. The van der Waals surface area contributed by atoms with Gasteiger partial charge in [0.05, 0.1) is 32.4 Å². The SMILES string of the molecule is CCCCCC1(CCCCC)O[C@@H]2[C@H]3ON(Cc4cccc(C=CCO[C@H]5O[C@H](CO)[C@H](O)[C@H](O)[C@H]5O)c4)[C@H]4C(=O)OC(CC34C(=O)NCCC(=O)N[C@H](CO)CCC(=O)OC(C)(C)C)[C@@H]2O1. The number of nitrogens with one attached hydrogen (secondary N) is 2. The molecule has 4 saturated heterocycles. The highest BCUT2D eigenvalue weighted by Crippen LogP contribution is 2.58. The third-order valence-electron chi connectivity index (χ3n) is 13.1. The molecule has 4 heterocycles. The van der Waals surface area contributed by atoms with Gasteiger partial charge < -0.3 is 64.6 Å². The summed E-state index contributed by atoms with van der Waals surface area (Å²) >= 11 is 0. The number of esters is 2. The number of hydroxylamine groups is 2. The van der Waals surface area contributed by atoms with Crippen molar-refractivity contribution < 1.29 is 78.0 Å². The van der Waals surface area contributed by atoms with E-state index in [1.165, 1.54) is 5.06 Å². The van der Waals surface area contributed by atoms with Gasteiger partial charge in [-0.2, -0.15) is 5.06 Å². The van der Waals surface area contributed by atoms with Crippen LogP contribution in [0.3, 0.4) is 0 Å². The Labute approximate surface area is 392 Å². The minimum atomic E-state index is -1.56. The molecule has 5 fully saturated rings. The Morgan fingerprint density at radius 3 is 2.36 bits per heavy atom. The van der Waals surface area contributed by atoms with Gasteiger partial charge in [0.15, 0.2) is 18.1 Å². The van der Waals surface area contributed by atoms with Crippen LogP contribution in [-0.2, 0) is 59.0 Å². The first-order valence-electron chi connectivity index (χ1n) is 24.1. The number of carbonyl (C=O) groups is 4. The lowest BCUT2D eigenvalue weighted by atomic mass is 9.62.